The second-order valence-electron chi connectivity index (χ2n) is 3.94. The van der Waals surface area contributed by atoms with Crippen molar-refractivity contribution in [2.45, 2.75) is 33.6 Å². The maximum absolute atomic E-state index is 4.55. The first-order valence-corrected chi connectivity index (χ1v) is 5.75. The van der Waals surface area contributed by atoms with Gasteiger partial charge in [-0.15, -0.1) is 0 Å². The third-order valence-corrected chi connectivity index (χ3v) is 2.67. The fourth-order valence-corrected chi connectivity index (χ4v) is 1.68. The first-order chi connectivity index (χ1) is 7.74. The Balaban J connectivity index is 2.45. The van der Waals surface area contributed by atoms with Crippen molar-refractivity contribution in [3.63, 3.8) is 0 Å². The Kier molecular flexibility index (Phi) is 3.04. The third-order valence-electron chi connectivity index (χ3n) is 2.67. The molecule has 0 aromatic carbocycles. The highest BCUT2D eigenvalue weighted by Crippen LogP contribution is 2.12. The van der Waals surface area contributed by atoms with E-state index in [0.29, 0.717) is 0 Å². The molecule has 0 fully saturated rings. The average Bonchev–Trinajstić information content (AvgIpc) is 2.73. The molecule has 0 amide bonds. The average molecular weight is 215 g/mol. The molecule has 0 unspecified atom stereocenters. The SMILES string of the molecule is CCc1cc(CC)n(-c2ccc(C)cn2)n1. The van der Waals surface area contributed by atoms with Crippen LogP contribution in [0.5, 0.6) is 0 Å². The van der Waals surface area contributed by atoms with Crippen molar-refractivity contribution in [1.29, 1.82) is 0 Å². The van der Waals surface area contributed by atoms with Gasteiger partial charge >= 0.3 is 0 Å². The second-order valence-corrected chi connectivity index (χ2v) is 3.94. The van der Waals surface area contributed by atoms with Gasteiger partial charge in [0.2, 0.25) is 0 Å². The monoisotopic (exact) mass is 215 g/mol. The lowest BCUT2D eigenvalue weighted by Crippen LogP contribution is -2.03. The van der Waals surface area contributed by atoms with E-state index in [1.54, 1.807) is 0 Å². The van der Waals surface area contributed by atoms with Gasteiger partial charge in [-0.25, -0.2) is 9.67 Å². The van der Waals surface area contributed by atoms with Crippen LogP contribution in [-0.2, 0) is 12.8 Å². The first-order valence-electron chi connectivity index (χ1n) is 5.75. The van der Waals surface area contributed by atoms with Gasteiger partial charge in [0.15, 0.2) is 5.82 Å². The van der Waals surface area contributed by atoms with Crippen molar-refractivity contribution in [3.8, 4) is 5.82 Å². The summed E-state index contributed by atoms with van der Waals surface area (Å²) in [5.41, 5.74) is 3.51. The molecule has 0 aliphatic heterocycles. The Hall–Kier alpha value is -1.64. The van der Waals surface area contributed by atoms with Gasteiger partial charge in [0.1, 0.15) is 0 Å². The molecule has 16 heavy (non-hydrogen) atoms. The molecule has 0 N–H and O–H groups in total. The smallest absolute Gasteiger partial charge is 0.153 e. The summed E-state index contributed by atoms with van der Waals surface area (Å²) < 4.78 is 1.94. The highest BCUT2D eigenvalue weighted by molar-refractivity contribution is 5.28. The van der Waals surface area contributed by atoms with Crippen molar-refractivity contribution in [3.05, 3.63) is 41.3 Å². The first kappa shape index (κ1) is 10.9. The molecule has 0 saturated carbocycles. The minimum absolute atomic E-state index is 0.905. The van der Waals surface area contributed by atoms with Gasteiger partial charge in [-0.2, -0.15) is 5.10 Å². The highest BCUT2D eigenvalue weighted by Gasteiger charge is 2.07. The molecule has 0 atom stereocenters. The number of hydrogen-bond donors (Lipinski definition) is 0. The number of aryl methyl sites for hydroxylation is 3. The standard InChI is InChI=1S/C13H17N3/c1-4-11-8-12(5-2)16(15-11)13-7-6-10(3)9-14-13/h6-9H,4-5H2,1-3H3. The van der Waals surface area contributed by atoms with E-state index in [-0.39, 0.29) is 0 Å². The van der Waals surface area contributed by atoms with Crippen LogP contribution >= 0.6 is 0 Å². The Morgan fingerprint density at radius 1 is 1.19 bits per heavy atom. The van der Waals surface area contributed by atoms with Crippen LogP contribution in [-0.4, -0.2) is 14.8 Å². The van der Waals surface area contributed by atoms with Crippen LogP contribution in [0, 0.1) is 6.92 Å². The molecule has 2 aromatic heterocycles. The third kappa shape index (κ3) is 1.98. The minimum atomic E-state index is 0.905. The fraction of sp³-hybridized carbons (Fsp3) is 0.385. The van der Waals surface area contributed by atoms with Crippen molar-refractivity contribution < 1.29 is 0 Å². The van der Waals surface area contributed by atoms with E-state index in [1.807, 2.05) is 23.9 Å². The fourth-order valence-electron chi connectivity index (χ4n) is 1.68. The summed E-state index contributed by atoms with van der Waals surface area (Å²) in [6.45, 7) is 6.30. The van der Waals surface area contributed by atoms with E-state index in [1.165, 1.54) is 11.3 Å². The molecule has 0 spiro atoms. The van der Waals surface area contributed by atoms with Crippen molar-refractivity contribution >= 4 is 0 Å². The van der Waals surface area contributed by atoms with E-state index in [0.717, 1.165) is 24.4 Å². The van der Waals surface area contributed by atoms with Crippen molar-refractivity contribution in [2.75, 3.05) is 0 Å². The highest BCUT2D eigenvalue weighted by atomic mass is 15.3. The van der Waals surface area contributed by atoms with Crippen LogP contribution in [0.15, 0.2) is 24.4 Å². The molecule has 2 aromatic rings. The zero-order valence-corrected chi connectivity index (χ0v) is 10.1. The molecule has 84 valence electrons. The lowest BCUT2D eigenvalue weighted by molar-refractivity contribution is 0.771. The van der Waals surface area contributed by atoms with E-state index < -0.39 is 0 Å². The van der Waals surface area contributed by atoms with Gasteiger partial charge in [0, 0.05) is 11.9 Å². The van der Waals surface area contributed by atoms with Gasteiger partial charge < -0.3 is 0 Å². The number of hydrogen-bond acceptors (Lipinski definition) is 2. The quantitative estimate of drug-likeness (QED) is 0.788. The van der Waals surface area contributed by atoms with Gasteiger partial charge in [0.25, 0.3) is 0 Å². The largest absolute Gasteiger partial charge is 0.237 e. The maximum Gasteiger partial charge on any atom is 0.153 e. The molecule has 0 aliphatic rings. The van der Waals surface area contributed by atoms with Crippen LogP contribution in [0.1, 0.15) is 30.8 Å². The van der Waals surface area contributed by atoms with Crippen LogP contribution < -0.4 is 0 Å². The molecule has 0 bridgehead atoms. The van der Waals surface area contributed by atoms with Crippen LogP contribution in [0.4, 0.5) is 0 Å². The Morgan fingerprint density at radius 3 is 2.56 bits per heavy atom. The molecule has 2 heterocycles. The minimum Gasteiger partial charge on any atom is -0.237 e. The predicted octanol–water partition coefficient (Wildman–Crippen LogP) is 2.70. The molecular weight excluding hydrogens is 198 g/mol. The molecule has 2 rings (SSSR count). The number of nitrogens with zero attached hydrogens (tertiary/aromatic N) is 3. The molecule has 0 aliphatic carbocycles. The summed E-state index contributed by atoms with van der Waals surface area (Å²) in [5, 5.41) is 4.55. The Labute approximate surface area is 96.1 Å². The van der Waals surface area contributed by atoms with Gasteiger partial charge in [-0.1, -0.05) is 19.9 Å². The van der Waals surface area contributed by atoms with E-state index >= 15 is 0 Å². The normalized spacial score (nSPS) is 10.7. The zero-order valence-electron chi connectivity index (χ0n) is 10.1. The summed E-state index contributed by atoms with van der Waals surface area (Å²) in [6, 6.07) is 6.23. The van der Waals surface area contributed by atoms with Gasteiger partial charge in [0.05, 0.1) is 5.69 Å². The van der Waals surface area contributed by atoms with Gasteiger partial charge in [-0.05, 0) is 37.5 Å². The van der Waals surface area contributed by atoms with E-state index in [4.69, 9.17) is 0 Å². The second kappa shape index (κ2) is 4.47. The maximum atomic E-state index is 4.55. The summed E-state index contributed by atoms with van der Waals surface area (Å²) in [6.07, 6.45) is 3.82. The molecule has 0 radical (unpaired) electrons. The molecule has 3 heteroatoms. The zero-order chi connectivity index (χ0) is 11.5. The molecule has 0 saturated heterocycles. The summed E-state index contributed by atoms with van der Waals surface area (Å²) in [7, 11) is 0. The summed E-state index contributed by atoms with van der Waals surface area (Å²) in [4.78, 5) is 4.41. The molecule has 3 nitrogen and oxygen atoms in total. The van der Waals surface area contributed by atoms with Crippen molar-refractivity contribution in [2.24, 2.45) is 0 Å². The summed E-state index contributed by atoms with van der Waals surface area (Å²) >= 11 is 0. The van der Waals surface area contributed by atoms with Crippen LogP contribution in [0.3, 0.4) is 0 Å². The molecular formula is C13H17N3. The van der Waals surface area contributed by atoms with Crippen molar-refractivity contribution in [1.82, 2.24) is 14.8 Å². The van der Waals surface area contributed by atoms with E-state index in [2.05, 4.69) is 36.1 Å². The topological polar surface area (TPSA) is 30.7 Å². The number of pyridine rings is 1. The lowest BCUT2D eigenvalue weighted by atomic mass is 10.2. The Bertz CT molecular complexity index is 468. The van der Waals surface area contributed by atoms with Crippen LogP contribution in [0.2, 0.25) is 0 Å². The Morgan fingerprint density at radius 2 is 2.00 bits per heavy atom. The van der Waals surface area contributed by atoms with Crippen LogP contribution in [0.25, 0.3) is 5.82 Å². The predicted molar refractivity (Wildman–Crippen MR) is 64.9 cm³/mol. The van der Waals surface area contributed by atoms with E-state index in [9.17, 15) is 0 Å². The lowest BCUT2D eigenvalue weighted by Gasteiger charge is -2.04. The van der Waals surface area contributed by atoms with Gasteiger partial charge in [-0.3, -0.25) is 0 Å². The number of aromatic nitrogens is 3. The number of rotatable bonds is 3. The summed E-state index contributed by atoms with van der Waals surface area (Å²) in [5.74, 6) is 0.905.